The molecule has 0 atom stereocenters. The Kier molecular flexibility index (Phi) is 21.0. The molecule has 0 aliphatic carbocycles. The average Bonchev–Trinajstić information content (AvgIpc) is 2.80. The summed E-state index contributed by atoms with van der Waals surface area (Å²) in [7, 11) is 3.26. The van der Waals surface area contributed by atoms with Gasteiger partial charge >= 0.3 is 0 Å². The first-order chi connectivity index (χ1) is 15.7. The van der Waals surface area contributed by atoms with Gasteiger partial charge in [0.05, 0.1) is 20.8 Å². The minimum absolute atomic E-state index is 0.00259. The van der Waals surface area contributed by atoms with E-state index in [4.69, 9.17) is 14.6 Å². The van der Waals surface area contributed by atoms with E-state index in [-0.39, 0.29) is 10.6 Å². The number of ether oxygens (including phenoxy) is 2. The summed E-state index contributed by atoms with van der Waals surface area (Å²) in [5.74, 6) is 1.64. The second-order valence-corrected chi connectivity index (χ2v) is 23.8. The lowest BCUT2D eigenvalue weighted by atomic mass is 10.2. The molecule has 0 aliphatic heterocycles. The van der Waals surface area contributed by atoms with Crippen molar-refractivity contribution in [3.63, 3.8) is 0 Å². The normalized spacial score (nSPS) is 9.42. The molecule has 0 saturated carbocycles. The van der Waals surface area contributed by atoms with Gasteiger partial charge in [-0.1, -0.05) is 83.7 Å². The van der Waals surface area contributed by atoms with Gasteiger partial charge in [0.25, 0.3) is 0 Å². The highest BCUT2D eigenvalue weighted by molar-refractivity contribution is 9.93. The third-order valence-electron chi connectivity index (χ3n) is 3.74. The highest BCUT2D eigenvalue weighted by Crippen LogP contribution is 2.59. The molecule has 1 N–H and O–H groups in total. The Balaban J connectivity index is 0.000000439. The molecule has 0 fully saturated rings. The van der Waals surface area contributed by atoms with Gasteiger partial charge in [-0.05, 0) is 89.8 Å². The molecule has 0 spiro atoms. The van der Waals surface area contributed by atoms with Crippen molar-refractivity contribution in [3.05, 3.63) is 92.4 Å². The molecule has 0 amide bonds. The second-order valence-electron chi connectivity index (χ2n) is 6.05. The molecular formula is C23H25Br6O3P. The number of aliphatic hydroxyl groups is 1. The zero-order chi connectivity index (χ0) is 25.2. The number of aliphatic hydroxyl groups excluding tert-OH is 1. The van der Waals surface area contributed by atoms with Crippen molar-refractivity contribution in [2.45, 2.75) is 18.9 Å². The molecule has 182 valence electrons. The fourth-order valence-corrected chi connectivity index (χ4v) is 3.51. The Morgan fingerprint density at radius 1 is 0.758 bits per heavy atom. The summed E-state index contributed by atoms with van der Waals surface area (Å²) in [5, 5.41) is 9.69. The molecule has 33 heavy (non-hydrogen) atoms. The van der Waals surface area contributed by atoms with Crippen molar-refractivity contribution < 1.29 is 14.6 Å². The number of rotatable bonds is 4. The summed E-state index contributed by atoms with van der Waals surface area (Å²) in [6, 6.07) is 21.7. The van der Waals surface area contributed by atoms with Crippen LogP contribution in [0.15, 0.2) is 75.7 Å². The number of benzene rings is 3. The van der Waals surface area contributed by atoms with Gasteiger partial charge in [0.2, 0.25) is 0 Å². The summed E-state index contributed by atoms with van der Waals surface area (Å²) < 4.78 is 12.0. The molecule has 0 heterocycles. The van der Waals surface area contributed by atoms with Crippen LogP contribution in [0.3, 0.4) is 0 Å². The van der Waals surface area contributed by atoms with E-state index in [1.54, 1.807) is 14.2 Å². The minimum Gasteiger partial charge on any atom is -0.496 e. The minimum atomic E-state index is -0.183. The Hall–Kier alpha value is 0.530. The molecule has 3 nitrogen and oxygen atoms in total. The first-order valence-electron chi connectivity index (χ1n) is 9.29. The monoisotopic (exact) mass is 854 g/mol. The van der Waals surface area contributed by atoms with Gasteiger partial charge in [0.15, 0.2) is 0 Å². The van der Waals surface area contributed by atoms with E-state index in [9.17, 15) is 0 Å². The van der Waals surface area contributed by atoms with Crippen LogP contribution in [0.2, 0.25) is 0 Å². The van der Waals surface area contributed by atoms with Crippen molar-refractivity contribution >= 4 is 98.3 Å². The summed E-state index contributed by atoms with van der Waals surface area (Å²) in [6.45, 7) is 2.09. The first kappa shape index (κ1) is 33.5. The number of hydrogen-bond acceptors (Lipinski definition) is 3. The predicted molar refractivity (Wildman–Crippen MR) is 165 cm³/mol. The van der Waals surface area contributed by atoms with E-state index in [1.807, 2.05) is 54.6 Å². The second kappa shape index (κ2) is 20.7. The van der Waals surface area contributed by atoms with Crippen LogP contribution in [0.25, 0.3) is 0 Å². The molecule has 10 heteroatoms. The number of hydrogen-bond donors (Lipinski definition) is 1. The van der Waals surface area contributed by atoms with E-state index in [2.05, 4.69) is 113 Å². The Bertz CT molecular complexity index is 858. The van der Waals surface area contributed by atoms with Gasteiger partial charge in [-0.25, -0.2) is 0 Å². The maximum atomic E-state index is 8.87. The Morgan fingerprint density at radius 2 is 1.18 bits per heavy atom. The zero-order valence-corrected chi connectivity index (χ0v) is 28.7. The Morgan fingerprint density at radius 3 is 1.52 bits per heavy atom. The van der Waals surface area contributed by atoms with Crippen LogP contribution >= 0.6 is 98.3 Å². The maximum Gasteiger partial charge on any atom is 0.124 e. The Labute approximate surface area is 247 Å². The van der Waals surface area contributed by atoms with Gasteiger partial charge in [-0.15, -0.1) is 0 Å². The molecule has 3 aromatic carbocycles. The summed E-state index contributed by atoms with van der Waals surface area (Å²) in [4.78, 5) is 0. The van der Waals surface area contributed by atoms with Gasteiger partial charge in [0.1, 0.15) is 15.5 Å². The quantitative estimate of drug-likeness (QED) is 0.210. The van der Waals surface area contributed by atoms with Crippen molar-refractivity contribution in [1.29, 1.82) is 0 Å². The van der Waals surface area contributed by atoms with E-state index in [1.165, 1.54) is 5.56 Å². The van der Waals surface area contributed by atoms with Gasteiger partial charge in [-0.3, -0.25) is 0 Å². The third-order valence-corrected chi connectivity index (χ3v) is 5.33. The standard InChI is InChI=1S/C8H8Br2O.C8H9BrO2.C7H8.Br3P/c1-11-8-3-2-7(10)4-6(8)5-9;1-11-8-3-2-7(9)4-6(8)5-10;1-7-5-3-2-4-6-7;1-4(2)3/h2-4H,5H2,1H3;2-4,10H,5H2,1H3;2-6H,1H3;. The molecule has 0 aliphatic rings. The summed E-state index contributed by atoms with van der Waals surface area (Å²) in [5.41, 5.74) is 3.27. The van der Waals surface area contributed by atoms with Crippen LogP contribution in [-0.4, -0.2) is 19.3 Å². The predicted octanol–water partition coefficient (Wildman–Crippen LogP) is 10.7. The topological polar surface area (TPSA) is 38.7 Å². The lowest BCUT2D eigenvalue weighted by Gasteiger charge is -2.05. The SMILES string of the molecule is BrP(Br)Br.COc1ccc(Br)cc1CBr.COc1ccc(Br)cc1CO.Cc1ccccc1. The number of alkyl halides is 1. The molecule has 0 bridgehead atoms. The molecule has 0 unspecified atom stereocenters. The average molecular weight is 860 g/mol. The molecular weight excluding hydrogens is 835 g/mol. The van der Waals surface area contributed by atoms with E-state index in [0.717, 1.165) is 36.9 Å². The van der Waals surface area contributed by atoms with Crippen LogP contribution < -0.4 is 9.47 Å². The van der Waals surface area contributed by atoms with Crippen LogP contribution in [0.5, 0.6) is 11.5 Å². The van der Waals surface area contributed by atoms with Crippen LogP contribution in [0.4, 0.5) is 0 Å². The van der Waals surface area contributed by atoms with Crippen molar-refractivity contribution in [1.82, 2.24) is 0 Å². The highest BCUT2D eigenvalue weighted by atomic mass is 80.0. The third kappa shape index (κ3) is 16.8. The van der Waals surface area contributed by atoms with Gasteiger partial charge in [-0.2, -0.15) is 0 Å². The number of methoxy groups -OCH3 is 2. The van der Waals surface area contributed by atoms with Gasteiger partial charge < -0.3 is 14.6 Å². The smallest absolute Gasteiger partial charge is 0.124 e. The van der Waals surface area contributed by atoms with Crippen LogP contribution in [0, 0.1) is 6.92 Å². The van der Waals surface area contributed by atoms with E-state index in [0.29, 0.717) is 0 Å². The largest absolute Gasteiger partial charge is 0.496 e. The first-order valence-corrected chi connectivity index (χ1v) is 19.4. The van der Waals surface area contributed by atoms with Crippen molar-refractivity contribution in [2.75, 3.05) is 14.2 Å². The summed E-state index contributed by atoms with van der Waals surface area (Å²) >= 11 is 19.6. The summed E-state index contributed by atoms with van der Waals surface area (Å²) in [6.07, 6.45) is 0. The van der Waals surface area contributed by atoms with E-state index < -0.39 is 0 Å². The fourth-order valence-electron chi connectivity index (χ4n) is 2.26. The number of aryl methyl sites for hydroxylation is 1. The molecule has 0 saturated heterocycles. The zero-order valence-electron chi connectivity index (χ0n) is 18.2. The van der Waals surface area contributed by atoms with Crippen molar-refractivity contribution in [2.24, 2.45) is 0 Å². The number of halogens is 6. The maximum absolute atomic E-state index is 8.87. The lowest BCUT2D eigenvalue weighted by molar-refractivity contribution is 0.273. The van der Waals surface area contributed by atoms with Crippen LogP contribution in [0.1, 0.15) is 16.7 Å². The van der Waals surface area contributed by atoms with Crippen LogP contribution in [-0.2, 0) is 11.9 Å². The van der Waals surface area contributed by atoms with E-state index >= 15 is 0 Å². The van der Waals surface area contributed by atoms with Crippen molar-refractivity contribution in [3.8, 4) is 11.5 Å². The molecule has 3 aromatic rings. The molecule has 0 aromatic heterocycles. The highest BCUT2D eigenvalue weighted by Gasteiger charge is 2.01. The fraction of sp³-hybridized carbons (Fsp3) is 0.217. The molecule has 3 rings (SSSR count). The lowest BCUT2D eigenvalue weighted by Crippen LogP contribution is -1.90. The van der Waals surface area contributed by atoms with Gasteiger partial charge in [0, 0.05) is 25.4 Å². The molecule has 0 radical (unpaired) electrons.